The summed E-state index contributed by atoms with van der Waals surface area (Å²) in [5, 5.41) is 3.39. The molecule has 0 aliphatic heterocycles. The van der Waals surface area contributed by atoms with Crippen LogP contribution in [-0.2, 0) is 16.1 Å². The van der Waals surface area contributed by atoms with E-state index in [-0.39, 0.29) is 11.9 Å². The van der Waals surface area contributed by atoms with E-state index in [0.29, 0.717) is 0 Å². The Morgan fingerprint density at radius 3 is 2.52 bits per heavy atom. The smallest absolute Gasteiger partial charge is 0.312 e. The fourth-order valence-corrected chi connectivity index (χ4v) is 2.91. The van der Waals surface area contributed by atoms with Crippen molar-refractivity contribution in [2.75, 3.05) is 20.8 Å². The molecule has 0 fully saturated rings. The Kier molecular flexibility index (Phi) is 6.59. The van der Waals surface area contributed by atoms with Gasteiger partial charge in [-0.05, 0) is 49.2 Å². The first-order valence-corrected chi connectivity index (χ1v) is 8.58. The van der Waals surface area contributed by atoms with Crippen molar-refractivity contribution < 1.29 is 14.3 Å². The standard InChI is InChI=1S/C21H27NO3/c1-6-22-13-17-11-14(2)7-9-18(17)19-12-16(8-10-20(19)24-4)15(3)21(23)25-5/h7-12,15,22H,6,13H2,1-5H3. The zero-order chi connectivity index (χ0) is 18.4. The van der Waals surface area contributed by atoms with Crippen LogP contribution in [-0.4, -0.2) is 26.7 Å². The molecule has 0 amide bonds. The summed E-state index contributed by atoms with van der Waals surface area (Å²) < 4.78 is 10.5. The number of methoxy groups -OCH3 is 2. The van der Waals surface area contributed by atoms with Crippen LogP contribution in [0, 0.1) is 6.92 Å². The molecule has 0 bridgehead atoms. The summed E-state index contributed by atoms with van der Waals surface area (Å²) in [5.74, 6) is 0.229. The summed E-state index contributed by atoms with van der Waals surface area (Å²) in [5.41, 5.74) is 5.45. The molecule has 0 heterocycles. The lowest BCUT2D eigenvalue weighted by molar-refractivity contribution is -0.141. The predicted octanol–water partition coefficient (Wildman–Crippen LogP) is 4.06. The third-order valence-corrected chi connectivity index (χ3v) is 4.39. The molecule has 134 valence electrons. The highest BCUT2D eigenvalue weighted by atomic mass is 16.5. The Hall–Kier alpha value is -2.33. The highest BCUT2D eigenvalue weighted by Gasteiger charge is 2.19. The van der Waals surface area contributed by atoms with Gasteiger partial charge < -0.3 is 14.8 Å². The number of carbonyl (C=O) groups is 1. The quantitative estimate of drug-likeness (QED) is 0.772. The summed E-state index contributed by atoms with van der Waals surface area (Å²) in [6.45, 7) is 7.73. The lowest BCUT2D eigenvalue weighted by Crippen LogP contribution is -2.13. The molecule has 0 saturated heterocycles. The summed E-state index contributed by atoms with van der Waals surface area (Å²) in [6.07, 6.45) is 0. The molecule has 0 saturated carbocycles. The van der Waals surface area contributed by atoms with Crippen LogP contribution in [0.25, 0.3) is 11.1 Å². The largest absolute Gasteiger partial charge is 0.496 e. The van der Waals surface area contributed by atoms with E-state index in [1.165, 1.54) is 18.2 Å². The second kappa shape index (κ2) is 8.67. The zero-order valence-electron chi connectivity index (χ0n) is 15.7. The monoisotopic (exact) mass is 341 g/mol. The second-order valence-corrected chi connectivity index (χ2v) is 6.15. The topological polar surface area (TPSA) is 47.6 Å². The number of nitrogens with one attached hydrogen (secondary N) is 1. The number of aryl methyl sites for hydroxylation is 1. The second-order valence-electron chi connectivity index (χ2n) is 6.15. The molecule has 0 spiro atoms. The van der Waals surface area contributed by atoms with Crippen molar-refractivity contribution in [3.63, 3.8) is 0 Å². The third kappa shape index (κ3) is 4.40. The maximum absolute atomic E-state index is 11.9. The van der Waals surface area contributed by atoms with Crippen LogP contribution in [0.2, 0.25) is 0 Å². The number of esters is 1. The minimum atomic E-state index is -0.322. The van der Waals surface area contributed by atoms with Crippen LogP contribution < -0.4 is 10.1 Å². The van der Waals surface area contributed by atoms with E-state index in [1.54, 1.807) is 7.11 Å². The highest BCUT2D eigenvalue weighted by molar-refractivity contribution is 5.80. The van der Waals surface area contributed by atoms with Gasteiger partial charge in [-0.2, -0.15) is 0 Å². The van der Waals surface area contributed by atoms with Gasteiger partial charge in [-0.15, -0.1) is 0 Å². The van der Waals surface area contributed by atoms with Gasteiger partial charge in [0, 0.05) is 12.1 Å². The van der Waals surface area contributed by atoms with E-state index < -0.39 is 0 Å². The van der Waals surface area contributed by atoms with Crippen LogP contribution in [0.1, 0.15) is 36.5 Å². The average Bonchev–Trinajstić information content (AvgIpc) is 2.64. The summed E-state index contributed by atoms with van der Waals surface area (Å²) in [6, 6.07) is 12.3. The lowest BCUT2D eigenvalue weighted by Gasteiger charge is -2.17. The van der Waals surface area contributed by atoms with Crippen LogP contribution in [0.15, 0.2) is 36.4 Å². The van der Waals surface area contributed by atoms with Crippen molar-refractivity contribution in [1.29, 1.82) is 0 Å². The third-order valence-electron chi connectivity index (χ3n) is 4.39. The summed E-state index contributed by atoms with van der Waals surface area (Å²) in [4.78, 5) is 11.9. The molecule has 0 aliphatic carbocycles. The number of carbonyl (C=O) groups excluding carboxylic acids is 1. The molecule has 0 aliphatic rings. The van der Waals surface area contributed by atoms with Gasteiger partial charge in [0.2, 0.25) is 0 Å². The Bertz CT molecular complexity index is 740. The van der Waals surface area contributed by atoms with Gasteiger partial charge in [0.05, 0.1) is 20.1 Å². The van der Waals surface area contributed by atoms with Crippen molar-refractivity contribution in [2.45, 2.75) is 33.2 Å². The molecule has 4 heteroatoms. The molecule has 0 radical (unpaired) electrons. The minimum Gasteiger partial charge on any atom is -0.496 e. The Morgan fingerprint density at radius 2 is 1.88 bits per heavy atom. The Morgan fingerprint density at radius 1 is 1.12 bits per heavy atom. The van der Waals surface area contributed by atoms with Crippen molar-refractivity contribution in [1.82, 2.24) is 5.32 Å². The molecule has 2 rings (SSSR count). The Labute approximate surface area is 150 Å². The van der Waals surface area contributed by atoms with Gasteiger partial charge in [0.25, 0.3) is 0 Å². The maximum Gasteiger partial charge on any atom is 0.312 e. The number of ether oxygens (including phenoxy) is 2. The molecular weight excluding hydrogens is 314 g/mol. The molecule has 25 heavy (non-hydrogen) atoms. The van der Waals surface area contributed by atoms with Crippen molar-refractivity contribution in [2.24, 2.45) is 0 Å². The molecule has 4 nitrogen and oxygen atoms in total. The van der Waals surface area contributed by atoms with Gasteiger partial charge in [0.15, 0.2) is 0 Å². The fourth-order valence-electron chi connectivity index (χ4n) is 2.91. The van der Waals surface area contributed by atoms with Gasteiger partial charge >= 0.3 is 5.97 Å². The van der Waals surface area contributed by atoms with Crippen LogP contribution >= 0.6 is 0 Å². The van der Waals surface area contributed by atoms with Crippen molar-refractivity contribution in [3.05, 3.63) is 53.1 Å². The molecule has 1 atom stereocenters. The van der Waals surface area contributed by atoms with Crippen molar-refractivity contribution in [3.8, 4) is 16.9 Å². The van der Waals surface area contributed by atoms with Gasteiger partial charge in [-0.25, -0.2) is 0 Å². The lowest BCUT2D eigenvalue weighted by atomic mass is 9.92. The normalized spacial score (nSPS) is 11.9. The average molecular weight is 341 g/mol. The SMILES string of the molecule is CCNCc1cc(C)ccc1-c1cc(C(C)C(=O)OC)ccc1OC. The van der Waals surface area contributed by atoms with Crippen molar-refractivity contribution >= 4 is 5.97 Å². The number of benzene rings is 2. The number of hydrogen-bond acceptors (Lipinski definition) is 4. The van der Waals surface area contributed by atoms with E-state index in [1.807, 2.05) is 25.1 Å². The van der Waals surface area contributed by atoms with Gasteiger partial charge in [-0.3, -0.25) is 4.79 Å². The first-order valence-electron chi connectivity index (χ1n) is 8.58. The van der Waals surface area contributed by atoms with E-state index in [2.05, 4.69) is 37.4 Å². The van der Waals surface area contributed by atoms with Crippen LogP contribution in [0.3, 0.4) is 0 Å². The zero-order valence-corrected chi connectivity index (χ0v) is 15.7. The fraction of sp³-hybridized carbons (Fsp3) is 0.381. The van der Waals surface area contributed by atoms with E-state index in [4.69, 9.17) is 9.47 Å². The summed E-state index contributed by atoms with van der Waals surface area (Å²) >= 11 is 0. The molecule has 1 N–H and O–H groups in total. The van der Waals surface area contributed by atoms with E-state index in [9.17, 15) is 4.79 Å². The molecule has 2 aromatic rings. The predicted molar refractivity (Wildman–Crippen MR) is 101 cm³/mol. The van der Waals surface area contributed by atoms with Crippen LogP contribution in [0.4, 0.5) is 0 Å². The van der Waals surface area contributed by atoms with Crippen LogP contribution in [0.5, 0.6) is 5.75 Å². The summed E-state index contributed by atoms with van der Waals surface area (Å²) in [7, 11) is 3.08. The molecule has 0 aromatic heterocycles. The Balaban J connectivity index is 2.55. The van der Waals surface area contributed by atoms with E-state index >= 15 is 0 Å². The van der Waals surface area contributed by atoms with Gasteiger partial charge in [0.1, 0.15) is 5.75 Å². The van der Waals surface area contributed by atoms with E-state index in [0.717, 1.165) is 35.5 Å². The molecular formula is C21H27NO3. The minimum absolute atomic E-state index is 0.243. The first kappa shape index (κ1) is 19.0. The van der Waals surface area contributed by atoms with Gasteiger partial charge in [-0.1, -0.05) is 36.8 Å². The maximum atomic E-state index is 11.9. The highest BCUT2D eigenvalue weighted by Crippen LogP contribution is 2.35. The number of hydrogen-bond donors (Lipinski definition) is 1. The molecule has 1 unspecified atom stereocenters. The first-order chi connectivity index (χ1) is 12.0. The number of rotatable bonds is 7. The molecule has 2 aromatic carbocycles.